The molecule has 2 rings (SSSR count). The summed E-state index contributed by atoms with van der Waals surface area (Å²) >= 11 is 0. The van der Waals surface area contributed by atoms with Gasteiger partial charge in [-0.25, -0.2) is 0 Å². The normalized spacial score (nSPS) is 10.0. The van der Waals surface area contributed by atoms with Crippen molar-refractivity contribution in [3.05, 3.63) is 70.8 Å². The van der Waals surface area contributed by atoms with Crippen LogP contribution in [0.1, 0.15) is 55.3 Å². The molecule has 0 aliphatic rings. The second kappa shape index (κ2) is 8.01. The van der Waals surface area contributed by atoms with Crippen molar-refractivity contribution in [2.24, 2.45) is 0 Å². The summed E-state index contributed by atoms with van der Waals surface area (Å²) < 4.78 is 0. The largest absolute Gasteiger partial charge is 0.335 e. The van der Waals surface area contributed by atoms with Crippen molar-refractivity contribution in [2.75, 3.05) is 6.67 Å². The van der Waals surface area contributed by atoms with E-state index in [-0.39, 0.29) is 30.0 Å². The number of Topliss-reactive ketones (excluding diaryl/α,β-unsaturated/α-hetero) is 2. The molecule has 2 aromatic rings. The molecule has 0 bridgehead atoms. The number of benzene rings is 2. The Hall–Kier alpha value is -3.28. The molecule has 0 aliphatic heterocycles. The van der Waals surface area contributed by atoms with Gasteiger partial charge in [-0.3, -0.25) is 19.2 Å². The molecule has 0 radical (unpaired) electrons. The number of ketones is 2. The minimum absolute atomic E-state index is 0.0411. The Labute approximate surface area is 145 Å². The number of amides is 2. The molecule has 0 saturated carbocycles. The Bertz CT molecular complexity index is 739. The van der Waals surface area contributed by atoms with E-state index in [1.165, 1.54) is 13.8 Å². The summed E-state index contributed by atoms with van der Waals surface area (Å²) in [6.45, 7) is 2.86. The van der Waals surface area contributed by atoms with Crippen molar-refractivity contribution >= 4 is 23.4 Å². The van der Waals surface area contributed by atoms with E-state index in [2.05, 4.69) is 10.6 Å². The van der Waals surface area contributed by atoms with Gasteiger partial charge in [0.1, 0.15) is 0 Å². The maximum atomic E-state index is 12.0. The molecule has 0 spiro atoms. The first-order valence-corrected chi connectivity index (χ1v) is 7.67. The number of carbonyl (C=O) groups excluding carboxylic acids is 4. The van der Waals surface area contributed by atoms with Gasteiger partial charge in [0.05, 0.1) is 6.67 Å². The van der Waals surface area contributed by atoms with Gasteiger partial charge < -0.3 is 10.6 Å². The SMILES string of the molecule is CC(=O)c1ccc(C(=O)NCNC(=O)c2ccc(C(C)=O)cc2)cc1. The molecule has 0 aromatic heterocycles. The summed E-state index contributed by atoms with van der Waals surface area (Å²) in [6, 6.07) is 12.5. The number of hydrogen-bond donors (Lipinski definition) is 2. The highest BCUT2D eigenvalue weighted by Gasteiger charge is 2.09. The number of rotatable bonds is 6. The van der Waals surface area contributed by atoms with Gasteiger partial charge in [0.25, 0.3) is 11.8 Å². The third-order valence-corrected chi connectivity index (χ3v) is 3.61. The Balaban J connectivity index is 1.86. The Morgan fingerprint density at radius 2 is 0.880 bits per heavy atom. The summed E-state index contributed by atoms with van der Waals surface area (Å²) in [7, 11) is 0. The molecule has 128 valence electrons. The van der Waals surface area contributed by atoms with Crippen LogP contribution in [0.3, 0.4) is 0 Å². The zero-order chi connectivity index (χ0) is 18.4. The minimum atomic E-state index is -0.359. The molecular weight excluding hydrogens is 320 g/mol. The molecule has 0 saturated heterocycles. The smallest absolute Gasteiger partial charge is 0.252 e. The van der Waals surface area contributed by atoms with E-state index in [0.29, 0.717) is 22.3 Å². The van der Waals surface area contributed by atoms with E-state index in [1.807, 2.05) is 0 Å². The summed E-state index contributed by atoms with van der Waals surface area (Å²) in [5.41, 5.74) is 1.84. The quantitative estimate of drug-likeness (QED) is 0.624. The Kier molecular flexibility index (Phi) is 5.79. The predicted molar refractivity (Wildman–Crippen MR) is 92.7 cm³/mol. The summed E-state index contributed by atoms with van der Waals surface area (Å²) in [5.74, 6) is -0.866. The average molecular weight is 338 g/mol. The van der Waals surface area contributed by atoms with Gasteiger partial charge in [-0.1, -0.05) is 24.3 Å². The van der Waals surface area contributed by atoms with Crippen LogP contribution in [0.15, 0.2) is 48.5 Å². The van der Waals surface area contributed by atoms with Crippen molar-refractivity contribution < 1.29 is 19.2 Å². The van der Waals surface area contributed by atoms with Crippen LogP contribution < -0.4 is 10.6 Å². The summed E-state index contributed by atoms with van der Waals surface area (Å²) in [6.07, 6.45) is 0. The van der Waals surface area contributed by atoms with E-state index in [1.54, 1.807) is 48.5 Å². The van der Waals surface area contributed by atoms with E-state index in [0.717, 1.165) is 0 Å². The minimum Gasteiger partial charge on any atom is -0.335 e. The van der Waals surface area contributed by atoms with Crippen LogP contribution in [0, 0.1) is 0 Å². The first-order chi connectivity index (χ1) is 11.9. The molecule has 0 atom stereocenters. The molecule has 25 heavy (non-hydrogen) atoms. The van der Waals surface area contributed by atoms with E-state index < -0.39 is 0 Å². The van der Waals surface area contributed by atoms with Crippen LogP contribution in [0.2, 0.25) is 0 Å². The van der Waals surface area contributed by atoms with Crippen LogP contribution in [-0.4, -0.2) is 30.0 Å². The Morgan fingerprint density at radius 1 is 0.600 bits per heavy atom. The van der Waals surface area contributed by atoms with Gasteiger partial charge in [0.15, 0.2) is 11.6 Å². The van der Waals surface area contributed by atoms with Crippen molar-refractivity contribution in [2.45, 2.75) is 13.8 Å². The lowest BCUT2D eigenvalue weighted by molar-refractivity contribution is 0.0916. The van der Waals surface area contributed by atoms with Gasteiger partial charge in [-0.15, -0.1) is 0 Å². The lowest BCUT2D eigenvalue weighted by Gasteiger charge is -2.08. The fourth-order valence-electron chi connectivity index (χ4n) is 2.12. The van der Waals surface area contributed by atoms with E-state index in [9.17, 15) is 19.2 Å². The molecule has 0 heterocycles. The zero-order valence-corrected chi connectivity index (χ0v) is 14.0. The highest BCUT2D eigenvalue weighted by atomic mass is 16.2. The molecule has 0 unspecified atom stereocenters. The lowest BCUT2D eigenvalue weighted by atomic mass is 10.1. The average Bonchev–Trinajstić information content (AvgIpc) is 2.61. The van der Waals surface area contributed by atoms with E-state index in [4.69, 9.17) is 0 Å². The first kappa shape index (κ1) is 18.1. The molecule has 6 nitrogen and oxygen atoms in total. The molecule has 0 fully saturated rings. The zero-order valence-electron chi connectivity index (χ0n) is 14.0. The standard InChI is InChI=1S/C19H18N2O4/c1-12(22)14-3-7-16(8-4-14)18(24)20-11-21-19(25)17-9-5-15(6-10-17)13(2)23/h3-10H,11H2,1-2H3,(H,20,24)(H,21,25). The van der Waals surface area contributed by atoms with Gasteiger partial charge in [0.2, 0.25) is 0 Å². The maximum Gasteiger partial charge on any atom is 0.252 e. The number of carbonyl (C=O) groups is 4. The topological polar surface area (TPSA) is 92.3 Å². The molecule has 2 amide bonds. The fourth-order valence-corrected chi connectivity index (χ4v) is 2.12. The predicted octanol–water partition coefficient (Wildman–Crippen LogP) is 2.21. The van der Waals surface area contributed by atoms with Crippen molar-refractivity contribution in [1.82, 2.24) is 10.6 Å². The van der Waals surface area contributed by atoms with Crippen LogP contribution in [0.25, 0.3) is 0 Å². The molecular formula is C19H18N2O4. The number of nitrogens with one attached hydrogen (secondary N) is 2. The van der Waals surface area contributed by atoms with Gasteiger partial charge >= 0.3 is 0 Å². The summed E-state index contributed by atoms with van der Waals surface area (Å²) in [5, 5.41) is 5.14. The molecule has 2 aromatic carbocycles. The van der Waals surface area contributed by atoms with Crippen LogP contribution in [0.4, 0.5) is 0 Å². The second-order valence-corrected chi connectivity index (χ2v) is 5.46. The second-order valence-electron chi connectivity index (χ2n) is 5.46. The van der Waals surface area contributed by atoms with Gasteiger partial charge in [-0.2, -0.15) is 0 Å². The molecule has 0 aliphatic carbocycles. The van der Waals surface area contributed by atoms with Gasteiger partial charge in [0, 0.05) is 22.3 Å². The highest BCUT2D eigenvalue weighted by Crippen LogP contribution is 2.06. The van der Waals surface area contributed by atoms with Crippen LogP contribution in [-0.2, 0) is 0 Å². The van der Waals surface area contributed by atoms with Crippen LogP contribution >= 0.6 is 0 Å². The lowest BCUT2D eigenvalue weighted by Crippen LogP contribution is -2.37. The fraction of sp³-hybridized carbons (Fsp3) is 0.158. The monoisotopic (exact) mass is 338 g/mol. The summed E-state index contributed by atoms with van der Waals surface area (Å²) in [4.78, 5) is 46.4. The molecule has 6 heteroatoms. The Morgan fingerprint density at radius 3 is 1.16 bits per heavy atom. The van der Waals surface area contributed by atoms with Crippen molar-refractivity contribution in [3.8, 4) is 0 Å². The molecule has 2 N–H and O–H groups in total. The number of hydrogen-bond acceptors (Lipinski definition) is 4. The van der Waals surface area contributed by atoms with Crippen LogP contribution in [0.5, 0.6) is 0 Å². The first-order valence-electron chi connectivity index (χ1n) is 7.67. The highest BCUT2D eigenvalue weighted by molar-refractivity contribution is 5.99. The van der Waals surface area contributed by atoms with E-state index >= 15 is 0 Å². The van der Waals surface area contributed by atoms with Gasteiger partial charge in [-0.05, 0) is 38.1 Å². The van der Waals surface area contributed by atoms with Crippen molar-refractivity contribution in [3.63, 3.8) is 0 Å². The third kappa shape index (κ3) is 4.84. The maximum absolute atomic E-state index is 12.0. The third-order valence-electron chi connectivity index (χ3n) is 3.61. The van der Waals surface area contributed by atoms with Crippen molar-refractivity contribution in [1.29, 1.82) is 0 Å².